The topological polar surface area (TPSA) is 98.7 Å². The van der Waals surface area contributed by atoms with Crippen molar-refractivity contribution in [2.75, 3.05) is 26.2 Å². The van der Waals surface area contributed by atoms with Crippen molar-refractivity contribution in [3.05, 3.63) is 0 Å². The van der Waals surface area contributed by atoms with Crippen LogP contribution < -0.4 is 10.6 Å². The quantitative estimate of drug-likeness (QED) is 0.617. The van der Waals surface area contributed by atoms with Crippen molar-refractivity contribution >= 4 is 17.9 Å². The Balaban J connectivity index is 2.23. The molecule has 1 aliphatic carbocycles. The number of aliphatic carboxylic acids is 1. The first kappa shape index (κ1) is 17.3. The highest BCUT2D eigenvalue weighted by Crippen LogP contribution is 2.40. The molecule has 0 unspecified atom stereocenters. The summed E-state index contributed by atoms with van der Waals surface area (Å²) in [6, 6.07) is -0.421. The van der Waals surface area contributed by atoms with Gasteiger partial charge in [-0.15, -0.1) is 0 Å². The standard InChI is InChI=1S/C14H25N3O4/c1-3-17(4-2)11(18)6-9-15-13(21)16-10-14(12(19)20)7-5-8-14/h3-10H2,1-2H3,(H,19,20)(H2,15,16,21). The Labute approximate surface area is 125 Å². The van der Waals surface area contributed by atoms with E-state index in [1.165, 1.54) is 0 Å². The third-order valence-electron chi connectivity index (χ3n) is 4.09. The maximum Gasteiger partial charge on any atom is 0.314 e. The lowest BCUT2D eigenvalue weighted by atomic mass is 9.69. The Morgan fingerprint density at radius 2 is 1.76 bits per heavy atom. The Morgan fingerprint density at radius 1 is 1.14 bits per heavy atom. The van der Waals surface area contributed by atoms with E-state index in [1.54, 1.807) is 4.90 Å². The second kappa shape index (κ2) is 7.85. The van der Waals surface area contributed by atoms with E-state index in [0.717, 1.165) is 6.42 Å². The molecule has 0 bridgehead atoms. The molecule has 1 fully saturated rings. The van der Waals surface area contributed by atoms with Crippen LogP contribution in [0, 0.1) is 5.41 Å². The van der Waals surface area contributed by atoms with Crippen LogP contribution in [0.3, 0.4) is 0 Å². The van der Waals surface area contributed by atoms with Crippen molar-refractivity contribution < 1.29 is 19.5 Å². The second-order valence-corrected chi connectivity index (χ2v) is 5.36. The number of hydrogen-bond acceptors (Lipinski definition) is 3. The largest absolute Gasteiger partial charge is 0.481 e. The Bertz CT molecular complexity index is 390. The van der Waals surface area contributed by atoms with Crippen molar-refractivity contribution in [2.24, 2.45) is 5.41 Å². The molecule has 21 heavy (non-hydrogen) atoms. The summed E-state index contributed by atoms with van der Waals surface area (Å²) in [7, 11) is 0. The lowest BCUT2D eigenvalue weighted by Crippen LogP contribution is -2.50. The maximum atomic E-state index is 11.7. The summed E-state index contributed by atoms with van der Waals surface area (Å²) in [6.45, 7) is 5.52. The van der Waals surface area contributed by atoms with Crippen molar-refractivity contribution in [3.63, 3.8) is 0 Å². The average molecular weight is 299 g/mol. The monoisotopic (exact) mass is 299 g/mol. The summed E-state index contributed by atoms with van der Waals surface area (Å²) in [4.78, 5) is 36.2. The summed E-state index contributed by atoms with van der Waals surface area (Å²) in [6.07, 6.45) is 2.33. The van der Waals surface area contributed by atoms with Gasteiger partial charge in [-0.2, -0.15) is 0 Å². The van der Waals surface area contributed by atoms with Gasteiger partial charge in [0, 0.05) is 32.6 Å². The first-order chi connectivity index (χ1) is 9.95. The van der Waals surface area contributed by atoms with Crippen LogP contribution in [0.1, 0.15) is 39.5 Å². The summed E-state index contributed by atoms with van der Waals surface area (Å²) in [5, 5.41) is 14.3. The predicted octanol–water partition coefficient (Wildman–Crippen LogP) is 0.799. The Kier molecular flexibility index (Phi) is 6.45. The fourth-order valence-electron chi connectivity index (χ4n) is 2.40. The summed E-state index contributed by atoms with van der Waals surface area (Å²) in [5.74, 6) is -0.855. The van der Waals surface area contributed by atoms with Crippen LogP contribution in [0.5, 0.6) is 0 Å². The molecule has 0 aromatic carbocycles. The SMILES string of the molecule is CCN(CC)C(=O)CCNC(=O)NCC1(C(=O)O)CCC1. The van der Waals surface area contributed by atoms with Gasteiger partial charge in [0.2, 0.25) is 5.91 Å². The van der Waals surface area contributed by atoms with E-state index in [1.807, 2.05) is 13.8 Å². The van der Waals surface area contributed by atoms with Crippen LogP contribution in [-0.2, 0) is 9.59 Å². The molecular weight excluding hydrogens is 274 g/mol. The van der Waals surface area contributed by atoms with Crippen molar-refractivity contribution in [3.8, 4) is 0 Å². The molecule has 7 nitrogen and oxygen atoms in total. The van der Waals surface area contributed by atoms with Gasteiger partial charge in [0.25, 0.3) is 0 Å². The molecule has 0 radical (unpaired) electrons. The smallest absolute Gasteiger partial charge is 0.314 e. The molecule has 3 amide bonds. The third-order valence-corrected chi connectivity index (χ3v) is 4.09. The normalized spacial score (nSPS) is 15.7. The molecule has 3 N–H and O–H groups in total. The average Bonchev–Trinajstić information content (AvgIpc) is 2.38. The summed E-state index contributed by atoms with van der Waals surface area (Å²) >= 11 is 0. The minimum atomic E-state index is -0.856. The second-order valence-electron chi connectivity index (χ2n) is 5.36. The van der Waals surface area contributed by atoms with E-state index < -0.39 is 17.4 Å². The fraction of sp³-hybridized carbons (Fsp3) is 0.786. The van der Waals surface area contributed by atoms with E-state index in [-0.39, 0.29) is 25.4 Å². The van der Waals surface area contributed by atoms with Gasteiger partial charge in [-0.05, 0) is 26.7 Å². The van der Waals surface area contributed by atoms with Gasteiger partial charge in [0.15, 0.2) is 0 Å². The Morgan fingerprint density at radius 3 is 2.19 bits per heavy atom. The van der Waals surface area contributed by atoms with Crippen LogP contribution >= 0.6 is 0 Å². The molecule has 7 heteroatoms. The zero-order chi connectivity index (χ0) is 15.9. The molecule has 0 aromatic heterocycles. The van der Waals surface area contributed by atoms with Gasteiger partial charge in [-0.25, -0.2) is 4.79 Å². The number of carboxylic acid groups (broad SMARTS) is 1. The number of urea groups is 1. The van der Waals surface area contributed by atoms with Crippen LogP contribution in [-0.4, -0.2) is 54.1 Å². The van der Waals surface area contributed by atoms with Crippen LogP contribution in [0.4, 0.5) is 4.79 Å². The van der Waals surface area contributed by atoms with Crippen LogP contribution in [0.2, 0.25) is 0 Å². The van der Waals surface area contributed by atoms with Crippen molar-refractivity contribution in [1.29, 1.82) is 0 Å². The number of carbonyl (C=O) groups is 3. The molecule has 0 spiro atoms. The molecule has 0 saturated heterocycles. The lowest BCUT2D eigenvalue weighted by molar-refractivity contribution is -0.153. The molecule has 0 atom stereocenters. The third kappa shape index (κ3) is 4.61. The van der Waals surface area contributed by atoms with Crippen molar-refractivity contribution in [1.82, 2.24) is 15.5 Å². The number of carboxylic acids is 1. The molecule has 0 aromatic rings. The first-order valence-electron chi connectivity index (χ1n) is 7.48. The zero-order valence-corrected chi connectivity index (χ0v) is 12.8. The predicted molar refractivity (Wildman–Crippen MR) is 77.9 cm³/mol. The van der Waals surface area contributed by atoms with Gasteiger partial charge in [0.1, 0.15) is 0 Å². The number of rotatable bonds is 8. The number of carbonyl (C=O) groups excluding carboxylic acids is 2. The highest BCUT2D eigenvalue weighted by Gasteiger charge is 2.44. The maximum absolute atomic E-state index is 11.7. The fourth-order valence-corrected chi connectivity index (χ4v) is 2.40. The molecule has 1 rings (SSSR count). The van der Waals surface area contributed by atoms with Gasteiger partial charge < -0.3 is 20.6 Å². The molecule has 0 aliphatic heterocycles. The van der Waals surface area contributed by atoms with Gasteiger partial charge in [-0.3, -0.25) is 9.59 Å². The van der Waals surface area contributed by atoms with Gasteiger partial charge >= 0.3 is 12.0 Å². The summed E-state index contributed by atoms with van der Waals surface area (Å²) < 4.78 is 0. The van der Waals surface area contributed by atoms with Crippen LogP contribution in [0.15, 0.2) is 0 Å². The zero-order valence-electron chi connectivity index (χ0n) is 12.8. The molecule has 1 saturated carbocycles. The number of nitrogens with one attached hydrogen (secondary N) is 2. The van der Waals surface area contributed by atoms with Crippen molar-refractivity contribution in [2.45, 2.75) is 39.5 Å². The Hall–Kier alpha value is -1.79. The van der Waals surface area contributed by atoms with E-state index in [0.29, 0.717) is 25.9 Å². The van der Waals surface area contributed by atoms with Gasteiger partial charge in [-0.1, -0.05) is 6.42 Å². The number of nitrogens with zero attached hydrogens (tertiary/aromatic N) is 1. The lowest BCUT2D eigenvalue weighted by Gasteiger charge is -2.37. The number of amides is 3. The highest BCUT2D eigenvalue weighted by molar-refractivity contribution is 5.80. The minimum Gasteiger partial charge on any atom is -0.481 e. The van der Waals surface area contributed by atoms with E-state index in [9.17, 15) is 14.4 Å². The van der Waals surface area contributed by atoms with E-state index >= 15 is 0 Å². The van der Waals surface area contributed by atoms with E-state index in [2.05, 4.69) is 10.6 Å². The van der Waals surface area contributed by atoms with E-state index in [4.69, 9.17) is 5.11 Å². The number of hydrogen-bond donors (Lipinski definition) is 3. The minimum absolute atomic E-state index is 0.00120. The first-order valence-corrected chi connectivity index (χ1v) is 7.48. The van der Waals surface area contributed by atoms with Crippen LogP contribution in [0.25, 0.3) is 0 Å². The molecular formula is C14H25N3O4. The molecule has 0 heterocycles. The summed E-state index contributed by atoms with van der Waals surface area (Å²) in [5.41, 5.74) is -0.797. The molecule has 120 valence electrons. The highest BCUT2D eigenvalue weighted by atomic mass is 16.4. The van der Waals surface area contributed by atoms with Gasteiger partial charge in [0.05, 0.1) is 5.41 Å². The molecule has 1 aliphatic rings.